The molecule has 3 aromatic rings. The van der Waals surface area contributed by atoms with E-state index in [1.807, 2.05) is 11.9 Å². The van der Waals surface area contributed by atoms with Crippen LogP contribution < -0.4 is 4.90 Å². The van der Waals surface area contributed by atoms with Crippen molar-refractivity contribution in [3.8, 4) is 6.07 Å². The van der Waals surface area contributed by atoms with Gasteiger partial charge < -0.3 is 14.9 Å². The number of nitriles is 1. The molecule has 5 rings (SSSR count). The van der Waals surface area contributed by atoms with Gasteiger partial charge in [0.15, 0.2) is 5.65 Å². The minimum Gasteiger partial charge on any atom is -0.465 e. The van der Waals surface area contributed by atoms with Gasteiger partial charge in [-0.3, -0.25) is 0 Å². The Morgan fingerprint density at radius 3 is 2.45 bits per heavy atom. The molecule has 1 amide bonds. The molecule has 0 radical (unpaired) electrons. The quantitative estimate of drug-likeness (QED) is 0.629. The first-order valence-corrected chi connectivity index (χ1v) is 12.2. The highest BCUT2D eigenvalue weighted by Gasteiger charge is 2.44. The predicted octanol–water partition coefficient (Wildman–Crippen LogP) is 2.97. The number of likely N-dealkylation sites (tertiary alicyclic amines) is 1. The van der Waals surface area contributed by atoms with Crippen molar-refractivity contribution in [2.24, 2.45) is 11.8 Å². The zero-order valence-corrected chi connectivity index (χ0v) is 18.8. The van der Waals surface area contributed by atoms with E-state index >= 15 is 0 Å². The van der Waals surface area contributed by atoms with Gasteiger partial charge in [-0.1, -0.05) is 18.2 Å². The van der Waals surface area contributed by atoms with E-state index in [2.05, 4.69) is 11.1 Å². The number of pyridine rings is 1. The van der Waals surface area contributed by atoms with Crippen LogP contribution >= 0.6 is 0 Å². The molecule has 1 N–H and O–H groups in total. The summed E-state index contributed by atoms with van der Waals surface area (Å²) in [7, 11) is -1.92. The molecule has 1 unspecified atom stereocenters. The van der Waals surface area contributed by atoms with Crippen LogP contribution in [0.15, 0.2) is 53.7 Å². The third kappa shape index (κ3) is 3.40. The van der Waals surface area contributed by atoms with E-state index in [4.69, 9.17) is 0 Å². The Morgan fingerprint density at radius 2 is 1.85 bits per heavy atom. The van der Waals surface area contributed by atoms with Crippen LogP contribution in [0.3, 0.4) is 0 Å². The van der Waals surface area contributed by atoms with Crippen molar-refractivity contribution in [2.75, 3.05) is 25.0 Å². The topological polar surface area (TPSA) is 120 Å². The van der Waals surface area contributed by atoms with Gasteiger partial charge in [-0.05, 0) is 42.9 Å². The summed E-state index contributed by atoms with van der Waals surface area (Å²) in [6.45, 7) is 1.07. The van der Waals surface area contributed by atoms with Crippen LogP contribution in [-0.2, 0) is 10.0 Å². The molecule has 2 fully saturated rings. The molecule has 0 spiro atoms. The Hall–Kier alpha value is -3.58. The maximum absolute atomic E-state index is 13.2. The van der Waals surface area contributed by atoms with E-state index in [0.717, 1.165) is 16.8 Å². The summed E-state index contributed by atoms with van der Waals surface area (Å²) in [5.41, 5.74) is 1.31. The number of anilines is 1. The van der Waals surface area contributed by atoms with Crippen molar-refractivity contribution in [1.82, 2.24) is 13.9 Å². The molecule has 170 valence electrons. The average Bonchev–Trinajstić information content (AvgIpc) is 3.51. The molecule has 1 aliphatic carbocycles. The first kappa shape index (κ1) is 21.3. The second-order valence-corrected chi connectivity index (χ2v) is 10.6. The highest BCUT2D eigenvalue weighted by Crippen LogP contribution is 2.42. The summed E-state index contributed by atoms with van der Waals surface area (Å²) < 4.78 is 27.6. The lowest BCUT2D eigenvalue weighted by Crippen LogP contribution is -2.34. The number of rotatable bonds is 4. The molecule has 9 nitrogen and oxygen atoms in total. The third-order valence-corrected chi connectivity index (χ3v) is 8.65. The van der Waals surface area contributed by atoms with Crippen molar-refractivity contribution in [3.05, 3.63) is 54.4 Å². The summed E-state index contributed by atoms with van der Waals surface area (Å²) in [6, 6.07) is 12.2. The monoisotopic (exact) mass is 465 g/mol. The second kappa shape index (κ2) is 7.78. The van der Waals surface area contributed by atoms with E-state index in [1.165, 1.54) is 29.4 Å². The highest BCUT2D eigenvalue weighted by atomic mass is 32.2. The number of nitrogens with zero attached hydrogens (tertiary/aromatic N) is 5. The normalized spacial score (nSPS) is 22.3. The van der Waals surface area contributed by atoms with Crippen LogP contribution in [-0.4, -0.2) is 59.7 Å². The first-order chi connectivity index (χ1) is 15.8. The third-order valence-electron chi connectivity index (χ3n) is 6.97. The molecule has 1 saturated heterocycles. The SMILES string of the molecule is CN(c1c(C#N)cnc2c1ccn2S(=O)(=O)c1ccccc1)C1C[C@@H]2CN(C(=O)O)C[C@@H]2C1. The number of hydrogen-bond acceptors (Lipinski definition) is 6. The number of carboxylic acid groups (broad SMARTS) is 1. The molecule has 1 aliphatic heterocycles. The van der Waals surface area contributed by atoms with Gasteiger partial charge in [0, 0.05) is 44.0 Å². The van der Waals surface area contributed by atoms with Gasteiger partial charge in [0.25, 0.3) is 10.0 Å². The number of amides is 1. The van der Waals surface area contributed by atoms with E-state index in [0.29, 0.717) is 41.6 Å². The number of aromatic nitrogens is 2. The summed E-state index contributed by atoms with van der Waals surface area (Å²) in [4.78, 5) is 19.3. The van der Waals surface area contributed by atoms with Gasteiger partial charge in [0.1, 0.15) is 6.07 Å². The molecule has 33 heavy (non-hydrogen) atoms. The Labute approximate surface area is 191 Å². The van der Waals surface area contributed by atoms with Gasteiger partial charge in [0.05, 0.1) is 16.1 Å². The number of hydrogen-bond donors (Lipinski definition) is 1. The lowest BCUT2D eigenvalue weighted by molar-refractivity contribution is 0.152. The largest absolute Gasteiger partial charge is 0.465 e. The standard InChI is InChI=1S/C23H23N5O4S/c1-26(18-9-15-13-27(23(29)30)14-16(15)10-18)21-17(11-24)12-25-22-20(21)7-8-28(22)33(31,32)19-5-3-2-4-6-19/h2-8,12,15-16,18H,9-10,13-14H2,1H3,(H,29,30)/t15-,16+,18?. The van der Waals surface area contributed by atoms with E-state index < -0.39 is 16.1 Å². The maximum Gasteiger partial charge on any atom is 0.407 e. The molecule has 2 aliphatic rings. The van der Waals surface area contributed by atoms with Gasteiger partial charge in [-0.25, -0.2) is 22.2 Å². The van der Waals surface area contributed by atoms with E-state index in [-0.39, 0.29) is 16.6 Å². The summed E-state index contributed by atoms with van der Waals surface area (Å²) in [6.07, 6.45) is 3.67. The zero-order chi connectivity index (χ0) is 23.3. The van der Waals surface area contributed by atoms with Crippen LogP contribution in [0.5, 0.6) is 0 Å². The van der Waals surface area contributed by atoms with Crippen molar-refractivity contribution in [3.63, 3.8) is 0 Å². The number of fused-ring (bicyclic) bond motifs is 2. The van der Waals surface area contributed by atoms with Crippen LogP contribution in [0.25, 0.3) is 11.0 Å². The molecule has 1 saturated carbocycles. The molecule has 3 atom stereocenters. The van der Waals surface area contributed by atoms with Crippen molar-refractivity contribution < 1.29 is 18.3 Å². The molecule has 0 bridgehead atoms. The summed E-state index contributed by atoms with van der Waals surface area (Å²) in [5.74, 6) is 0.582. The number of carbonyl (C=O) groups is 1. The number of benzene rings is 1. The molecule has 3 heterocycles. The smallest absolute Gasteiger partial charge is 0.407 e. The highest BCUT2D eigenvalue weighted by molar-refractivity contribution is 7.90. The van der Waals surface area contributed by atoms with Crippen LogP contribution in [0.4, 0.5) is 10.5 Å². The zero-order valence-electron chi connectivity index (χ0n) is 18.0. The van der Waals surface area contributed by atoms with Crippen molar-refractivity contribution in [2.45, 2.75) is 23.8 Å². The van der Waals surface area contributed by atoms with E-state index in [9.17, 15) is 23.6 Å². The van der Waals surface area contributed by atoms with Crippen LogP contribution in [0, 0.1) is 23.2 Å². The summed E-state index contributed by atoms with van der Waals surface area (Å²) in [5, 5.41) is 19.6. The fourth-order valence-corrected chi connectivity index (χ4v) is 6.66. The van der Waals surface area contributed by atoms with Gasteiger partial charge >= 0.3 is 6.09 Å². The Bertz CT molecular complexity index is 1370. The van der Waals surface area contributed by atoms with Crippen LogP contribution in [0.2, 0.25) is 0 Å². The lowest BCUT2D eigenvalue weighted by Gasteiger charge is -2.29. The molecular weight excluding hydrogens is 442 g/mol. The van der Waals surface area contributed by atoms with Crippen molar-refractivity contribution >= 4 is 32.8 Å². The minimum absolute atomic E-state index is 0.128. The summed E-state index contributed by atoms with van der Waals surface area (Å²) >= 11 is 0. The van der Waals surface area contributed by atoms with Crippen LogP contribution in [0.1, 0.15) is 18.4 Å². The van der Waals surface area contributed by atoms with Gasteiger partial charge in [-0.15, -0.1) is 0 Å². The average molecular weight is 466 g/mol. The molecule has 2 aromatic heterocycles. The Morgan fingerprint density at radius 1 is 1.18 bits per heavy atom. The van der Waals surface area contributed by atoms with E-state index in [1.54, 1.807) is 24.3 Å². The van der Waals surface area contributed by atoms with Gasteiger partial charge in [-0.2, -0.15) is 5.26 Å². The minimum atomic E-state index is -3.84. The lowest BCUT2D eigenvalue weighted by atomic mass is 10.0. The molecule has 10 heteroatoms. The maximum atomic E-state index is 13.2. The Balaban J connectivity index is 1.52. The second-order valence-electron chi connectivity index (χ2n) is 8.74. The fraction of sp³-hybridized carbons (Fsp3) is 0.348. The Kier molecular flexibility index (Phi) is 5.01. The first-order valence-electron chi connectivity index (χ1n) is 10.7. The molecule has 1 aromatic carbocycles. The van der Waals surface area contributed by atoms with Gasteiger partial charge in [0.2, 0.25) is 0 Å². The van der Waals surface area contributed by atoms with Crippen molar-refractivity contribution in [1.29, 1.82) is 5.26 Å². The fourth-order valence-electron chi connectivity index (χ4n) is 5.33. The predicted molar refractivity (Wildman–Crippen MR) is 121 cm³/mol. The molecular formula is C23H23N5O4S.